The van der Waals surface area contributed by atoms with Gasteiger partial charge in [-0.3, -0.25) is 14.4 Å². The van der Waals surface area contributed by atoms with Gasteiger partial charge in [0.25, 0.3) is 0 Å². The molecule has 1 aliphatic heterocycles. The Morgan fingerprint density at radius 1 is 1.42 bits per heavy atom. The number of hydrogen-bond acceptors (Lipinski definition) is 3. The van der Waals surface area contributed by atoms with Crippen molar-refractivity contribution in [2.75, 3.05) is 20.6 Å². The van der Waals surface area contributed by atoms with Crippen LogP contribution in [0, 0.1) is 11.8 Å². The SMILES string of the molecule is CC(C)CC(NC(=O)C1CNC(=O)C1)C(=O)N(C)C. The normalized spacial score (nSPS) is 20.1. The Kier molecular flexibility index (Phi) is 5.32. The van der Waals surface area contributed by atoms with Crippen molar-refractivity contribution >= 4 is 17.7 Å². The van der Waals surface area contributed by atoms with Crippen molar-refractivity contribution in [3.05, 3.63) is 0 Å². The van der Waals surface area contributed by atoms with E-state index in [1.165, 1.54) is 4.90 Å². The lowest BCUT2D eigenvalue weighted by atomic mass is 10.0. The second-order valence-electron chi connectivity index (χ2n) is 5.63. The van der Waals surface area contributed by atoms with E-state index in [2.05, 4.69) is 10.6 Å². The van der Waals surface area contributed by atoms with E-state index in [1.807, 2.05) is 13.8 Å². The van der Waals surface area contributed by atoms with Crippen LogP contribution in [0.3, 0.4) is 0 Å². The number of hydrogen-bond donors (Lipinski definition) is 2. The highest BCUT2D eigenvalue weighted by molar-refractivity contribution is 5.92. The molecule has 2 N–H and O–H groups in total. The van der Waals surface area contributed by atoms with Crippen molar-refractivity contribution in [1.82, 2.24) is 15.5 Å². The number of carbonyl (C=O) groups excluding carboxylic acids is 3. The van der Waals surface area contributed by atoms with Crippen molar-refractivity contribution in [2.45, 2.75) is 32.7 Å². The first kappa shape index (κ1) is 15.5. The van der Waals surface area contributed by atoms with Crippen LogP contribution in [0.1, 0.15) is 26.7 Å². The van der Waals surface area contributed by atoms with Gasteiger partial charge in [0.15, 0.2) is 0 Å². The molecule has 2 atom stereocenters. The minimum Gasteiger partial charge on any atom is -0.355 e. The molecule has 1 rings (SSSR count). The van der Waals surface area contributed by atoms with E-state index in [9.17, 15) is 14.4 Å². The van der Waals surface area contributed by atoms with Gasteiger partial charge in [-0.2, -0.15) is 0 Å². The zero-order chi connectivity index (χ0) is 14.6. The van der Waals surface area contributed by atoms with Crippen LogP contribution in [0.5, 0.6) is 0 Å². The summed E-state index contributed by atoms with van der Waals surface area (Å²) in [6, 6.07) is -0.516. The molecule has 0 aromatic rings. The van der Waals surface area contributed by atoms with Crippen LogP contribution in [0.25, 0.3) is 0 Å². The van der Waals surface area contributed by atoms with E-state index >= 15 is 0 Å². The van der Waals surface area contributed by atoms with Crippen molar-refractivity contribution in [3.63, 3.8) is 0 Å². The maximum Gasteiger partial charge on any atom is 0.244 e. The molecule has 0 bridgehead atoms. The molecule has 3 amide bonds. The van der Waals surface area contributed by atoms with Gasteiger partial charge in [0, 0.05) is 27.1 Å². The summed E-state index contributed by atoms with van der Waals surface area (Å²) in [6.07, 6.45) is 0.799. The summed E-state index contributed by atoms with van der Waals surface area (Å²) >= 11 is 0. The molecule has 6 heteroatoms. The summed E-state index contributed by atoms with van der Waals surface area (Å²) in [6.45, 7) is 4.36. The molecule has 0 radical (unpaired) electrons. The second-order valence-corrected chi connectivity index (χ2v) is 5.63. The van der Waals surface area contributed by atoms with Gasteiger partial charge < -0.3 is 15.5 Å². The monoisotopic (exact) mass is 269 g/mol. The van der Waals surface area contributed by atoms with Gasteiger partial charge in [-0.05, 0) is 12.3 Å². The molecule has 1 aliphatic rings. The molecule has 0 spiro atoms. The zero-order valence-corrected chi connectivity index (χ0v) is 12.0. The number of amides is 3. The first-order valence-corrected chi connectivity index (χ1v) is 6.59. The highest BCUT2D eigenvalue weighted by Gasteiger charge is 2.31. The first-order chi connectivity index (χ1) is 8.81. The fourth-order valence-electron chi connectivity index (χ4n) is 2.08. The molecule has 108 valence electrons. The number of carbonyl (C=O) groups is 3. The summed E-state index contributed by atoms with van der Waals surface area (Å²) in [7, 11) is 3.34. The summed E-state index contributed by atoms with van der Waals surface area (Å²) in [5.41, 5.74) is 0. The van der Waals surface area contributed by atoms with E-state index in [-0.39, 0.29) is 30.1 Å². The van der Waals surface area contributed by atoms with E-state index in [0.717, 1.165) is 0 Å². The van der Waals surface area contributed by atoms with E-state index in [4.69, 9.17) is 0 Å². The minimum atomic E-state index is -0.516. The number of nitrogens with zero attached hydrogens (tertiary/aromatic N) is 1. The molecule has 0 aromatic carbocycles. The van der Waals surface area contributed by atoms with Crippen LogP contribution >= 0.6 is 0 Å². The maximum absolute atomic E-state index is 12.0. The molecule has 2 unspecified atom stereocenters. The summed E-state index contributed by atoms with van der Waals surface area (Å²) < 4.78 is 0. The molecule has 6 nitrogen and oxygen atoms in total. The van der Waals surface area contributed by atoms with Crippen LogP contribution in [-0.2, 0) is 14.4 Å². The van der Waals surface area contributed by atoms with Gasteiger partial charge in [-0.1, -0.05) is 13.8 Å². The second kappa shape index (κ2) is 6.54. The standard InChI is InChI=1S/C13H23N3O3/c1-8(2)5-10(13(19)16(3)4)15-12(18)9-6-11(17)14-7-9/h8-10H,5-7H2,1-4H3,(H,14,17)(H,15,18). The summed E-state index contributed by atoms with van der Waals surface area (Å²) in [5, 5.41) is 5.39. The zero-order valence-electron chi connectivity index (χ0n) is 12.0. The molecular formula is C13H23N3O3. The highest BCUT2D eigenvalue weighted by Crippen LogP contribution is 2.12. The van der Waals surface area contributed by atoms with Crippen LogP contribution < -0.4 is 10.6 Å². The van der Waals surface area contributed by atoms with Gasteiger partial charge in [0.1, 0.15) is 6.04 Å². The van der Waals surface area contributed by atoms with Crippen molar-refractivity contribution < 1.29 is 14.4 Å². The summed E-state index contributed by atoms with van der Waals surface area (Å²) in [4.78, 5) is 36.6. The molecule has 0 aliphatic carbocycles. The Balaban J connectivity index is 2.63. The van der Waals surface area contributed by atoms with E-state index in [1.54, 1.807) is 14.1 Å². The Labute approximate surface area is 113 Å². The average molecular weight is 269 g/mol. The predicted octanol–water partition coefficient (Wildman–Crippen LogP) is -0.258. The third kappa shape index (κ3) is 4.54. The van der Waals surface area contributed by atoms with Gasteiger partial charge in [0.05, 0.1) is 5.92 Å². The number of rotatable bonds is 5. The lowest BCUT2D eigenvalue weighted by Crippen LogP contribution is -2.48. The summed E-state index contributed by atoms with van der Waals surface area (Å²) in [5.74, 6) is -0.507. The van der Waals surface area contributed by atoms with Crippen LogP contribution in [0.15, 0.2) is 0 Å². The smallest absolute Gasteiger partial charge is 0.244 e. The Hall–Kier alpha value is -1.59. The molecule has 1 saturated heterocycles. The molecule has 1 heterocycles. The Morgan fingerprint density at radius 2 is 2.05 bits per heavy atom. The van der Waals surface area contributed by atoms with Crippen molar-refractivity contribution in [2.24, 2.45) is 11.8 Å². The van der Waals surface area contributed by atoms with Crippen LogP contribution in [0.2, 0.25) is 0 Å². The fourth-order valence-corrected chi connectivity index (χ4v) is 2.08. The molecule has 0 saturated carbocycles. The Morgan fingerprint density at radius 3 is 2.47 bits per heavy atom. The van der Waals surface area contributed by atoms with Gasteiger partial charge in [-0.25, -0.2) is 0 Å². The van der Waals surface area contributed by atoms with E-state index in [0.29, 0.717) is 18.9 Å². The fraction of sp³-hybridized carbons (Fsp3) is 0.769. The lowest BCUT2D eigenvalue weighted by molar-refractivity contribution is -0.136. The molecular weight excluding hydrogens is 246 g/mol. The third-order valence-electron chi connectivity index (χ3n) is 3.11. The van der Waals surface area contributed by atoms with Crippen LogP contribution in [0.4, 0.5) is 0 Å². The number of likely N-dealkylation sites (N-methyl/N-ethyl adjacent to an activating group) is 1. The van der Waals surface area contributed by atoms with Gasteiger partial charge in [-0.15, -0.1) is 0 Å². The molecule has 19 heavy (non-hydrogen) atoms. The minimum absolute atomic E-state index is 0.112. The topological polar surface area (TPSA) is 78.5 Å². The van der Waals surface area contributed by atoms with Crippen LogP contribution in [-0.4, -0.2) is 49.3 Å². The van der Waals surface area contributed by atoms with Crippen molar-refractivity contribution in [1.29, 1.82) is 0 Å². The number of nitrogens with one attached hydrogen (secondary N) is 2. The van der Waals surface area contributed by atoms with E-state index < -0.39 is 6.04 Å². The average Bonchev–Trinajstić information content (AvgIpc) is 2.73. The van der Waals surface area contributed by atoms with Gasteiger partial charge >= 0.3 is 0 Å². The van der Waals surface area contributed by atoms with Crippen molar-refractivity contribution in [3.8, 4) is 0 Å². The quantitative estimate of drug-likeness (QED) is 0.722. The Bertz CT molecular complexity index is 366. The third-order valence-corrected chi connectivity index (χ3v) is 3.11. The van der Waals surface area contributed by atoms with Gasteiger partial charge in [0.2, 0.25) is 17.7 Å². The molecule has 0 aromatic heterocycles. The predicted molar refractivity (Wildman–Crippen MR) is 71.2 cm³/mol. The maximum atomic E-state index is 12.0. The highest BCUT2D eigenvalue weighted by atomic mass is 16.2. The lowest BCUT2D eigenvalue weighted by Gasteiger charge is -2.24. The first-order valence-electron chi connectivity index (χ1n) is 6.59. The molecule has 1 fully saturated rings. The largest absolute Gasteiger partial charge is 0.355 e.